The molecule has 2 heterocycles. The second-order valence-electron chi connectivity index (χ2n) is 6.55. The van der Waals surface area contributed by atoms with Gasteiger partial charge in [0.15, 0.2) is 5.69 Å². The van der Waals surface area contributed by atoms with E-state index in [0.717, 1.165) is 5.56 Å². The molecule has 0 aromatic carbocycles. The number of aryl methyl sites for hydroxylation is 1. The van der Waals surface area contributed by atoms with E-state index in [9.17, 15) is 9.90 Å². The molecule has 0 bridgehead atoms. The fourth-order valence-corrected chi connectivity index (χ4v) is 2.86. The van der Waals surface area contributed by atoms with Crippen LogP contribution in [0.3, 0.4) is 0 Å². The highest BCUT2D eigenvalue weighted by molar-refractivity contribution is 5.92. The summed E-state index contributed by atoms with van der Waals surface area (Å²) >= 11 is 0. The first kappa shape index (κ1) is 15.7. The van der Waals surface area contributed by atoms with Crippen LogP contribution in [0, 0.1) is 5.92 Å². The molecule has 1 saturated carbocycles. The molecule has 7 heteroatoms. The molecule has 2 N–H and O–H groups in total. The number of amides is 1. The Morgan fingerprint density at radius 2 is 2.22 bits per heavy atom. The number of aromatic nitrogens is 3. The highest BCUT2D eigenvalue weighted by Gasteiger charge is 2.36. The van der Waals surface area contributed by atoms with Crippen molar-refractivity contribution < 1.29 is 14.4 Å². The molecule has 0 radical (unpaired) electrons. The van der Waals surface area contributed by atoms with Crippen molar-refractivity contribution in [3.05, 3.63) is 35.5 Å². The van der Waals surface area contributed by atoms with E-state index in [1.54, 1.807) is 16.9 Å². The summed E-state index contributed by atoms with van der Waals surface area (Å²) in [5.41, 5.74) is 1.22. The maximum atomic E-state index is 12.5. The third-order valence-electron chi connectivity index (χ3n) is 4.32. The Bertz CT molecular complexity index is 685. The summed E-state index contributed by atoms with van der Waals surface area (Å²) in [6.45, 7) is 3.97. The maximum absolute atomic E-state index is 12.5. The highest BCUT2D eigenvalue weighted by atomic mass is 16.5. The first-order chi connectivity index (χ1) is 10.9. The third kappa shape index (κ3) is 3.29. The number of hydrogen-bond donors (Lipinski definition) is 2. The highest BCUT2D eigenvalue weighted by Crippen LogP contribution is 2.38. The van der Waals surface area contributed by atoms with Crippen LogP contribution in [0.2, 0.25) is 0 Å². The Labute approximate surface area is 134 Å². The van der Waals surface area contributed by atoms with Gasteiger partial charge in [-0.25, -0.2) is 0 Å². The van der Waals surface area contributed by atoms with Gasteiger partial charge < -0.3 is 14.9 Å². The van der Waals surface area contributed by atoms with Gasteiger partial charge in [-0.05, 0) is 18.8 Å². The zero-order valence-corrected chi connectivity index (χ0v) is 13.6. The number of nitrogens with zero attached hydrogens (tertiary/aromatic N) is 3. The van der Waals surface area contributed by atoms with E-state index >= 15 is 0 Å². The smallest absolute Gasteiger partial charge is 0.273 e. The molecular formula is C16H22N4O3. The molecule has 1 aliphatic rings. The number of carbonyl (C=O) groups excluding carboxylic acids is 1. The van der Waals surface area contributed by atoms with Crippen LogP contribution in [0.1, 0.15) is 60.5 Å². The number of hydrogen-bond acceptors (Lipinski definition) is 5. The zero-order valence-electron chi connectivity index (χ0n) is 13.6. The minimum absolute atomic E-state index is 0.181. The molecule has 3 rings (SSSR count). The molecule has 0 aliphatic heterocycles. The Hall–Kier alpha value is -2.15. The van der Waals surface area contributed by atoms with E-state index in [4.69, 9.17) is 4.52 Å². The number of nitrogens with one attached hydrogen (secondary N) is 1. The predicted octanol–water partition coefficient (Wildman–Crippen LogP) is 1.77. The SMILES string of the molecule is CC(C)c1cc(C(=O)N[C@@H](c2cnn(C)c2)C2CC(O)C2)no1. The van der Waals surface area contributed by atoms with Crippen molar-refractivity contribution in [2.24, 2.45) is 13.0 Å². The average Bonchev–Trinajstić information content (AvgIpc) is 3.10. The van der Waals surface area contributed by atoms with Crippen molar-refractivity contribution in [2.75, 3.05) is 0 Å². The summed E-state index contributed by atoms with van der Waals surface area (Å²) in [6, 6.07) is 1.49. The van der Waals surface area contributed by atoms with E-state index in [1.165, 1.54) is 0 Å². The summed E-state index contributed by atoms with van der Waals surface area (Å²) in [4.78, 5) is 12.5. The molecule has 0 unspecified atom stereocenters. The number of aliphatic hydroxyl groups is 1. The molecule has 1 atom stereocenters. The molecule has 1 fully saturated rings. The largest absolute Gasteiger partial charge is 0.393 e. The van der Waals surface area contributed by atoms with Crippen LogP contribution in [0.4, 0.5) is 0 Å². The molecule has 0 saturated heterocycles. The van der Waals surface area contributed by atoms with E-state index in [1.807, 2.05) is 27.1 Å². The summed E-state index contributed by atoms with van der Waals surface area (Å²) in [6.07, 6.45) is 4.71. The molecule has 1 aliphatic carbocycles. The van der Waals surface area contributed by atoms with Gasteiger partial charge in [0.2, 0.25) is 0 Å². The first-order valence-electron chi connectivity index (χ1n) is 7.88. The van der Waals surface area contributed by atoms with Crippen LogP contribution in [0.5, 0.6) is 0 Å². The van der Waals surface area contributed by atoms with Gasteiger partial charge in [0.05, 0.1) is 18.3 Å². The standard InChI is InChI=1S/C16H22N4O3/c1-9(2)14-6-13(19-23-14)16(22)18-15(10-4-12(21)5-10)11-7-17-20(3)8-11/h6-10,12,15,21H,4-5H2,1-3H3,(H,18,22)/t10?,12?,15-/m1/s1. The van der Waals surface area contributed by atoms with Crippen LogP contribution in [-0.4, -0.2) is 32.1 Å². The molecule has 23 heavy (non-hydrogen) atoms. The fraction of sp³-hybridized carbons (Fsp3) is 0.562. The normalized spacial score (nSPS) is 22.0. The Morgan fingerprint density at radius 3 is 2.74 bits per heavy atom. The Morgan fingerprint density at radius 1 is 1.48 bits per heavy atom. The zero-order chi connectivity index (χ0) is 16.6. The molecule has 7 nitrogen and oxygen atoms in total. The lowest BCUT2D eigenvalue weighted by molar-refractivity contribution is 0.0234. The molecule has 124 valence electrons. The van der Waals surface area contributed by atoms with Crippen LogP contribution < -0.4 is 5.32 Å². The lowest BCUT2D eigenvalue weighted by atomic mass is 9.75. The number of aliphatic hydroxyl groups excluding tert-OH is 1. The summed E-state index contributed by atoms with van der Waals surface area (Å²) in [7, 11) is 1.84. The number of carbonyl (C=O) groups is 1. The lowest BCUT2D eigenvalue weighted by Gasteiger charge is -2.37. The second kappa shape index (κ2) is 6.16. The topological polar surface area (TPSA) is 93.2 Å². The number of rotatable bonds is 5. The summed E-state index contributed by atoms with van der Waals surface area (Å²) < 4.78 is 6.89. The quantitative estimate of drug-likeness (QED) is 0.876. The Balaban J connectivity index is 1.76. The van der Waals surface area contributed by atoms with E-state index in [-0.39, 0.29) is 35.6 Å². The molecule has 2 aromatic rings. The van der Waals surface area contributed by atoms with Gasteiger partial charge in [-0.2, -0.15) is 5.10 Å². The van der Waals surface area contributed by atoms with Crippen LogP contribution in [0.25, 0.3) is 0 Å². The Kier molecular flexibility index (Phi) is 4.21. The van der Waals surface area contributed by atoms with Crippen molar-refractivity contribution in [3.8, 4) is 0 Å². The van der Waals surface area contributed by atoms with E-state index < -0.39 is 0 Å². The van der Waals surface area contributed by atoms with Gasteiger partial charge in [-0.1, -0.05) is 19.0 Å². The average molecular weight is 318 g/mol. The fourth-order valence-electron chi connectivity index (χ4n) is 2.86. The molecule has 0 spiro atoms. The van der Waals surface area contributed by atoms with Gasteiger partial charge in [0.1, 0.15) is 5.76 Å². The van der Waals surface area contributed by atoms with Crippen molar-refractivity contribution in [1.82, 2.24) is 20.3 Å². The minimum Gasteiger partial charge on any atom is -0.393 e. The summed E-state index contributed by atoms with van der Waals surface area (Å²) in [5, 5.41) is 20.6. The van der Waals surface area contributed by atoms with Gasteiger partial charge in [-0.15, -0.1) is 0 Å². The van der Waals surface area contributed by atoms with Gasteiger partial charge in [0, 0.05) is 30.8 Å². The van der Waals surface area contributed by atoms with Crippen LogP contribution in [0.15, 0.2) is 23.0 Å². The van der Waals surface area contributed by atoms with Crippen molar-refractivity contribution >= 4 is 5.91 Å². The first-order valence-corrected chi connectivity index (χ1v) is 7.88. The van der Waals surface area contributed by atoms with Crippen molar-refractivity contribution in [2.45, 2.75) is 44.8 Å². The third-order valence-corrected chi connectivity index (χ3v) is 4.32. The van der Waals surface area contributed by atoms with Crippen LogP contribution in [-0.2, 0) is 7.05 Å². The van der Waals surface area contributed by atoms with Crippen molar-refractivity contribution in [3.63, 3.8) is 0 Å². The molecular weight excluding hydrogens is 296 g/mol. The minimum atomic E-state index is -0.282. The maximum Gasteiger partial charge on any atom is 0.273 e. The molecule has 2 aromatic heterocycles. The monoisotopic (exact) mass is 318 g/mol. The lowest BCUT2D eigenvalue weighted by Crippen LogP contribution is -2.41. The summed E-state index contributed by atoms with van der Waals surface area (Å²) in [5.74, 6) is 0.803. The van der Waals surface area contributed by atoms with Gasteiger partial charge >= 0.3 is 0 Å². The second-order valence-corrected chi connectivity index (χ2v) is 6.55. The van der Waals surface area contributed by atoms with E-state index in [0.29, 0.717) is 18.6 Å². The van der Waals surface area contributed by atoms with Crippen LogP contribution >= 0.6 is 0 Å². The van der Waals surface area contributed by atoms with Gasteiger partial charge in [-0.3, -0.25) is 9.48 Å². The van der Waals surface area contributed by atoms with Crippen molar-refractivity contribution in [1.29, 1.82) is 0 Å². The molecule has 1 amide bonds. The van der Waals surface area contributed by atoms with Gasteiger partial charge in [0.25, 0.3) is 5.91 Å². The van der Waals surface area contributed by atoms with E-state index in [2.05, 4.69) is 15.6 Å². The predicted molar refractivity (Wildman–Crippen MR) is 82.7 cm³/mol.